The molecular formula is C22H21N5O. The van der Waals surface area contributed by atoms with Crippen LogP contribution in [-0.4, -0.2) is 19.7 Å². The van der Waals surface area contributed by atoms with E-state index >= 15 is 0 Å². The summed E-state index contributed by atoms with van der Waals surface area (Å²) in [4.78, 5) is 4.11. The van der Waals surface area contributed by atoms with Crippen molar-refractivity contribution >= 4 is 11.6 Å². The van der Waals surface area contributed by atoms with Gasteiger partial charge in [-0.05, 0) is 31.1 Å². The van der Waals surface area contributed by atoms with Crippen LogP contribution in [0.15, 0.2) is 48.8 Å². The molecule has 0 bridgehead atoms. The summed E-state index contributed by atoms with van der Waals surface area (Å²) in [5, 5.41) is 18.4. The smallest absolute Gasteiger partial charge is 0.174 e. The predicted octanol–water partition coefficient (Wildman–Crippen LogP) is 4.04. The number of allylic oxidation sites excluding steroid dienone is 1. The Bertz CT molecular complexity index is 1020. The van der Waals surface area contributed by atoms with Crippen LogP contribution in [0.3, 0.4) is 0 Å². The molecule has 0 radical (unpaired) electrons. The highest BCUT2D eigenvalue weighted by Gasteiger charge is 2.18. The SMILES string of the molecule is N#CC(=Cc1ccccc1OCc1cccnc1)c1nnc2n1CCCCC2. The molecule has 0 saturated heterocycles. The Hall–Kier alpha value is -3.46. The minimum Gasteiger partial charge on any atom is -0.488 e. The Kier molecular flexibility index (Phi) is 5.43. The number of fused-ring (bicyclic) bond motifs is 1. The number of benzene rings is 1. The maximum Gasteiger partial charge on any atom is 0.174 e. The third kappa shape index (κ3) is 3.94. The van der Waals surface area contributed by atoms with E-state index in [1.54, 1.807) is 12.4 Å². The molecule has 1 aliphatic rings. The first kappa shape index (κ1) is 17.9. The first-order valence-electron chi connectivity index (χ1n) is 9.50. The highest BCUT2D eigenvalue weighted by Crippen LogP contribution is 2.26. The lowest BCUT2D eigenvalue weighted by atomic mass is 10.1. The zero-order valence-corrected chi connectivity index (χ0v) is 15.6. The Morgan fingerprint density at radius 2 is 2.07 bits per heavy atom. The average molecular weight is 371 g/mol. The number of ether oxygens (including phenoxy) is 1. The molecule has 0 N–H and O–H groups in total. The van der Waals surface area contributed by atoms with Crippen molar-refractivity contribution in [1.29, 1.82) is 5.26 Å². The lowest BCUT2D eigenvalue weighted by Gasteiger charge is -2.10. The molecule has 1 aromatic carbocycles. The Morgan fingerprint density at radius 3 is 2.93 bits per heavy atom. The molecule has 0 unspecified atom stereocenters. The minimum absolute atomic E-state index is 0.418. The highest BCUT2D eigenvalue weighted by atomic mass is 16.5. The molecule has 6 heteroatoms. The molecule has 0 saturated carbocycles. The van der Waals surface area contributed by atoms with Crippen LogP contribution in [0, 0.1) is 11.3 Å². The highest BCUT2D eigenvalue weighted by molar-refractivity contribution is 5.88. The fourth-order valence-corrected chi connectivity index (χ4v) is 3.36. The van der Waals surface area contributed by atoms with Gasteiger partial charge in [-0.25, -0.2) is 0 Å². The Morgan fingerprint density at radius 1 is 1.14 bits per heavy atom. The minimum atomic E-state index is 0.418. The van der Waals surface area contributed by atoms with Gasteiger partial charge in [0.05, 0.1) is 5.57 Å². The van der Waals surface area contributed by atoms with E-state index in [1.165, 1.54) is 6.42 Å². The maximum atomic E-state index is 9.78. The summed E-state index contributed by atoms with van der Waals surface area (Å²) in [6.07, 6.45) is 9.65. The van der Waals surface area contributed by atoms with Gasteiger partial charge in [0, 0.05) is 36.5 Å². The molecule has 28 heavy (non-hydrogen) atoms. The first-order valence-corrected chi connectivity index (χ1v) is 9.50. The standard InChI is InChI=1S/C22H21N5O/c23-14-19(22-26-25-21-10-2-1-5-12-27(21)22)13-18-8-3-4-9-20(18)28-16-17-7-6-11-24-15-17/h3-4,6-9,11,13,15H,1-2,5,10,12,16H2. The van der Waals surface area contributed by atoms with Crippen LogP contribution in [0.25, 0.3) is 11.6 Å². The van der Waals surface area contributed by atoms with Crippen molar-refractivity contribution in [2.75, 3.05) is 0 Å². The van der Waals surface area contributed by atoms with E-state index in [0.29, 0.717) is 18.0 Å². The summed E-state index contributed by atoms with van der Waals surface area (Å²) < 4.78 is 8.07. The van der Waals surface area contributed by atoms with Gasteiger partial charge < -0.3 is 9.30 Å². The number of hydrogen-bond acceptors (Lipinski definition) is 5. The van der Waals surface area contributed by atoms with Crippen molar-refractivity contribution in [3.8, 4) is 11.8 Å². The van der Waals surface area contributed by atoms with Gasteiger partial charge in [-0.15, -0.1) is 10.2 Å². The quantitative estimate of drug-likeness (QED) is 0.633. The zero-order chi connectivity index (χ0) is 19.2. The van der Waals surface area contributed by atoms with Gasteiger partial charge in [0.2, 0.25) is 0 Å². The van der Waals surface area contributed by atoms with Crippen LogP contribution >= 0.6 is 0 Å². The molecule has 1 aliphatic heterocycles. The number of para-hydroxylation sites is 1. The number of nitriles is 1. The van der Waals surface area contributed by atoms with Gasteiger partial charge in [0.25, 0.3) is 0 Å². The number of aryl methyl sites for hydroxylation is 1. The van der Waals surface area contributed by atoms with Crippen LogP contribution in [0.5, 0.6) is 5.75 Å². The monoisotopic (exact) mass is 371 g/mol. The van der Waals surface area contributed by atoms with E-state index in [-0.39, 0.29) is 0 Å². The van der Waals surface area contributed by atoms with Gasteiger partial charge >= 0.3 is 0 Å². The van der Waals surface area contributed by atoms with E-state index in [9.17, 15) is 5.26 Å². The third-order valence-corrected chi connectivity index (χ3v) is 4.81. The molecule has 4 rings (SSSR count). The fraction of sp³-hybridized carbons (Fsp3) is 0.273. The second-order valence-corrected chi connectivity index (χ2v) is 6.76. The summed E-state index contributed by atoms with van der Waals surface area (Å²) >= 11 is 0. The average Bonchev–Trinajstić information content (AvgIpc) is 2.99. The first-order chi connectivity index (χ1) is 13.8. The summed E-state index contributed by atoms with van der Waals surface area (Å²) in [6.45, 7) is 1.27. The van der Waals surface area contributed by atoms with Crippen molar-refractivity contribution in [3.63, 3.8) is 0 Å². The van der Waals surface area contributed by atoms with E-state index in [4.69, 9.17) is 4.74 Å². The molecule has 3 heterocycles. The van der Waals surface area contributed by atoms with E-state index in [2.05, 4.69) is 25.8 Å². The lowest BCUT2D eigenvalue weighted by molar-refractivity contribution is 0.305. The second kappa shape index (κ2) is 8.49. The van der Waals surface area contributed by atoms with Crippen LogP contribution < -0.4 is 4.74 Å². The molecule has 0 fully saturated rings. The van der Waals surface area contributed by atoms with Crippen molar-refractivity contribution in [1.82, 2.24) is 19.7 Å². The molecule has 6 nitrogen and oxygen atoms in total. The molecule has 0 spiro atoms. The zero-order valence-electron chi connectivity index (χ0n) is 15.6. The number of rotatable bonds is 5. The van der Waals surface area contributed by atoms with E-state index < -0.39 is 0 Å². The summed E-state index contributed by atoms with van der Waals surface area (Å²) in [5.74, 6) is 2.32. The largest absolute Gasteiger partial charge is 0.488 e. The number of pyridine rings is 1. The molecular weight excluding hydrogens is 350 g/mol. The second-order valence-electron chi connectivity index (χ2n) is 6.76. The Labute approximate surface area is 164 Å². The van der Waals surface area contributed by atoms with Gasteiger partial charge in [-0.2, -0.15) is 5.26 Å². The molecule has 0 amide bonds. The molecule has 2 aromatic heterocycles. The van der Waals surface area contributed by atoms with Crippen molar-refractivity contribution < 1.29 is 4.74 Å². The van der Waals surface area contributed by atoms with E-state index in [0.717, 1.165) is 48.5 Å². The van der Waals surface area contributed by atoms with Crippen LogP contribution in [0.2, 0.25) is 0 Å². The topological polar surface area (TPSA) is 76.6 Å². The maximum absolute atomic E-state index is 9.78. The predicted molar refractivity (Wildman–Crippen MR) is 106 cm³/mol. The van der Waals surface area contributed by atoms with Gasteiger partial charge in [0.15, 0.2) is 5.82 Å². The van der Waals surface area contributed by atoms with E-state index in [1.807, 2.05) is 42.5 Å². The normalized spacial score (nSPS) is 14.0. The molecule has 0 atom stereocenters. The van der Waals surface area contributed by atoms with Crippen molar-refractivity contribution in [2.45, 2.75) is 38.8 Å². The van der Waals surface area contributed by atoms with Gasteiger partial charge in [0.1, 0.15) is 24.3 Å². The van der Waals surface area contributed by atoms with Crippen molar-refractivity contribution in [3.05, 3.63) is 71.6 Å². The molecule has 140 valence electrons. The summed E-state index contributed by atoms with van der Waals surface area (Å²) in [5.41, 5.74) is 2.33. The third-order valence-electron chi connectivity index (χ3n) is 4.81. The van der Waals surface area contributed by atoms with Crippen LogP contribution in [0.4, 0.5) is 0 Å². The van der Waals surface area contributed by atoms with Gasteiger partial charge in [-0.1, -0.05) is 30.7 Å². The number of hydrogen-bond donors (Lipinski definition) is 0. The fourth-order valence-electron chi connectivity index (χ4n) is 3.36. The van der Waals surface area contributed by atoms with Crippen molar-refractivity contribution in [2.24, 2.45) is 0 Å². The lowest BCUT2D eigenvalue weighted by Crippen LogP contribution is -2.05. The van der Waals surface area contributed by atoms with Crippen LogP contribution in [-0.2, 0) is 19.6 Å². The summed E-state index contributed by atoms with van der Waals surface area (Å²) in [7, 11) is 0. The number of aromatic nitrogens is 4. The van der Waals surface area contributed by atoms with Gasteiger partial charge in [-0.3, -0.25) is 4.98 Å². The molecule has 0 aliphatic carbocycles. The van der Waals surface area contributed by atoms with Crippen LogP contribution in [0.1, 0.15) is 42.0 Å². The summed E-state index contributed by atoms with van der Waals surface area (Å²) in [6, 6.07) is 13.8. The molecule has 3 aromatic rings. The number of nitrogens with zero attached hydrogens (tertiary/aromatic N) is 5. The Balaban J connectivity index is 1.63.